The fourth-order valence-corrected chi connectivity index (χ4v) is 2.08. The summed E-state index contributed by atoms with van der Waals surface area (Å²) in [5.74, 6) is -0.571. The van der Waals surface area contributed by atoms with Gasteiger partial charge in [0.25, 0.3) is 0 Å². The zero-order valence-electron chi connectivity index (χ0n) is 10.6. The number of rotatable bonds is 6. The number of carbonyl (C=O) groups excluding carboxylic acids is 1. The van der Waals surface area contributed by atoms with Crippen molar-refractivity contribution >= 4 is 21.9 Å². The van der Waals surface area contributed by atoms with Crippen molar-refractivity contribution < 1.29 is 13.9 Å². The molecule has 0 heterocycles. The molecule has 0 radical (unpaired) electrons. The summed E-state index contributed by atoms with van der Waals surface area (Å²) in [5, 5.41) is 0. The summed E-state index contributed by atoms with van der Waals surface area (Å²) in [6.07, 6.45) is 0.921. The van der Waals surface area contributed by atoms with E-state index < -0.39 is 0 Å². The molecule has 0 fully saturated rings. The van der Waals surface area contributed by atoms with Gasteiger partial charge in [0.05, 0.1) is 18.1 Å². The summed E-state index contributed by atoms with van der Waals surface area (Å²) in [5.41, 5.74) is 0.826. The molecule has 0 aromatic heterocycles. The van der Waals surface area contributed by atoms with Gasteiger partial charge < -0.3 is 4.74 Å². The van der Waals surface area contributed by atoms with Crippen molar-refractivity contribution in [1.82, 2.24) is 4.90 Å². The lowest BCUT2D eigenvalue weighted by Gasteiger charge is -2.21. The van der Waals surface area contributed by atoms with Gasteiger partial charge in [0.2, 0.25) is 0 Å². The van der Waals surface area contributed by atoms with E-state index in [1.165, 1.54) is 13.2 Å². The number of methoxy groups -OCH3 is 1. The lowest BCUT2D eigenvalue weighted by Crippen LogP contribution is -2.31. The van der Waals surface area contributed by atoms with Gasteiger partial charge in [0.1, 0.15) is 5.82 Å². The Morgan fingerprint density at radius 3 is 2.83 bits per heavy atom. The van der Waals surface area contributed by atoms with Gasteiger partial charge in [-0.1, -0.05) is 19.1 Å². The Kier molecular flexibility index (Phi) is 6.29. The molecule has 1 aromatic carbocycles. The van der Waals surface area contributed by atoms with Crippen LogP contribution in [0, 0.1) is 5.82 Å². The van der Waals surface area contributed by atoms with Gasteiger partial charge in [-0.3, -0.25) is 9.69 Å². The summed E-state index contributed by atoms with van der Waals surface area (Å²) in [7, 11) is 1.37. The Bertz CT molecular complexity index is 412. The molecule has 18 heavy (non-hydrogen) atoms. The highest BCUT2D eigenvalue weighted by Crippen LogP contribution is 2.21. The van der Waals surface area contributed by atoms with E-state index in [9.17, 15) is 9.18 Å². The smallest absolute Gasteiger partial charge is 0.319 e. The number of hydrogen-bond acceptors (Lipinski definition) is 3. The van der Waals surface area contributed by atoms with Crippen LogP contribution in [0.5, 0.6) is 0 Å². The van der Waals surface area contributed by atoms with Crippen LogP contribution in [0.25, 0.3) is 0 Å². The molecule has 0 N–H and O–H groups in total. The van der Waals surface area contributed by atoms with Crippen molar-refractivity contribution in [3.05, 3.63) is 34.1 Å². The quantitative estimate of drug-likeness (QED) is 0.755. The van der Waals surface area contributed by atoms with Crippen LogP contribution in [0.4, 0.5) is 4.39 Å². The zero-order chi connectivity index (χ0) is 13.5. The standard InChI is InChI=1S/C13H17BrFNO2/c1-3-7-16(9-12(17)18-2)8-10-5-4-6-11(15)13(10)14/h4-6H,3,7-9H2,1-2H3. The maximum atomic E-state index is 13.4. The predicted octanol–water partition coefficient (Wildman–Crippen LogP) is 2.97. The largest absolute Gasteiger partial charge is 0.468 e. The van der Waals surface area contributed by atoms with Crippen molar-refractivity contribution in [1.29, 1.82) is 0 Å². The second-order valence-corrected chi connectivity index (χ2v) is 4.79. The number of hydrogen-bond donors (Lipinski definition) is 0. The molecule has 0 aliphatic carbocycles. The van der Waals surface area contributed by atoms with Gasteiger partial charge in [-0.25, -0.2) is 4.39 Å². The van der Waals surface area contributed by atoms with Crippen LogP contribution in [-0.2, 0) is 16.1 Å². The highest BCUT2D eigenvalue weighted by atomic mass is 79.9. The van der Waals surface area contributed by atoms with E-state index >= 15 is 0 Å². The van der Waals surface area contributed by atoms with E-state index in [4.69, 9.17) is 0 Å². The fourth-order valence-electron chi connectivity index (χ4n) is 1.69. The van der Waals surface area contributed by atoms with Crippen LogP contribution in [0.15, 0.2) is 22.7 Å². The number of nitrogens with zero attached hydrogens (tertiary/aromatic N) is 1. The Morgan fingerprint density at radius 2 is 2.22 bits per heavy atom. The van der Waals surface area contributed by atoms with Crippen LogP contribution in [0.1, 0.15) is 18.9 Å². The van der Waals surface area contributed by atoms with E-state index in [1.807, 2.05) is 17.9 Å². The molecule has 0 saturated carbocycles. The minimum absolute atomic E-state index is 0.216. The van der Waals surface area contributed by atoms with E-state index in [1.54, 1.807) is 6.07 Å². The predicted molar refractivity (Wildman–Crippen MR) is 71.7 cm³/mol. The lowest BCUT2D eigenvalue weighted by molar-refractivity contribution is -0.142. The van der Waals surface area contributed by atoms with Gasteiger partial charge in [-0.15, -0.1) is 0 Å². The fraction of sp³-hybridized carbons (Fsp3) is 0.462. The summed E-state index contributed by atoms with van der Waals surface area (Å²) >= 11 is 3.23. The third kappa shape index (κ3) is 4.38. The van der Waals surface area contributed by atoms with Crippen LogP contribution in [0.3, 0.4) is 0 Å². The summed E-state index contributed by atoms with van der Waals surface area (Å²) in [4.78, 5) is 13.2. The minimum atomic E-state index is -0.290. The number of esters is 1. The number of carbonyl (C=O) groups is 1. The van der Waals surface area contributed by atoms with E-state index in [2.05, 4.69) is 20.7 Å². The first-order chi connectivity index (χ1) is 8.58. The first-order valence-corrected chi connectivity index (χ1v) is 6.59. The van der Waals surface area contributed by atoms with Crippen molar-refractivity contribution in [3.63, 3.8) is 0 Å². The molecule has 100 valence electrons. The second-order valence-electron chi connectivity index (χ2n) is 4.00. The third-order valence-electron chi connectivity index (χ3n) is 2.55. The molecule has 0 saturated heterocycles. The molecule has 0 spiro atoms. The normalized spacial score (nSPS) is 10.7. The topological polar surface area (TPSA) is 29.5 Å². The van der Waals surface area contributed by atoms with Crippen LogP contribution in [-0.4, -0.2) is 31.1 Å². The number of halogens is 2. The molecule has 0 bridgehead atoms. The molecule has 3 nitrogen and oxygen atoms in total. The Balaban J connectivity index is 2.76. The third-order valence-corrected chi connectivity index (χ3v) is 3.43. The monoisotopic (exact) mass is 317 g/mol. The van der Waals surface area contributed by atoms with Crippen LogP contribution < -0.4 is 0 Å². The SMILES string of the molecule is CCCN(CC(=O)OC)Cc1cccc(F)c1Br. The van der Waals surface area contributed by atoms with Gasteiger partial charge in [0.15, 0.2) is 0 Å². The Labute approximate surface area is 115 Å². The first kappa shape index (κ1) is 15.1. The molecule has 0 atom stereocenters. The first-order valence-electron chi connectivity index (χ1n) is 5.80. The lowest BCUT2D eigenvalue weighted by atomic mass is 10.2. The maximum absolute atomic E-state index is 13.4. The molecule has 0 aliphatic heterocycles. The minimum Gasteiger partial charge on any atom is -0.468 e. The van der Waals surface area contributed by atoms with E-state index in [-0.39, 0.29) is 18.3 Å². The number of ether oxygens (including phenoxy) is 1. The van der Waals surface area contributed by atoms with Crippen molar-refractivity contribution in [2.45, 2.75) is 19.9 Å². The average Bonchev–Trinajstić information content (AvgIpc) is 2.35. The van der Waals surface area contributed by atoms with Crippen molar-refractivity contribution in [2.75, 3.05) is 20.2 Å². The highest BCUT2D eigenvalue weighted by molar-refractivity contribution is 9.10. The van der Waals surface area contributed by atoms with E-state index in [0.717, 1.165) is 18.5 Å². The second kappa shape index (κ2) is 7.48. The van der Waals surface area contributed by atoms with Gasteiger partial charge >= 0.3 is 5.97 Å². The van der Waals surface area contributed by atoms with Crippen molar-refractivity contribution in [3.8, 4) is 0 Å². The molecular formula is C13H17BrFNO2. The molecule has 5 heteroatoms. The summed E-state index contributed by atoms with van der Waals surface area (Å²) in [6.45, 7) is 3.53. The van der Waals surface area contributed by atoms with Crippen LogP contribution >= 0.6 is 15.9 Å². The Morgan fingerprint density at radius 1 is 1.50 bits per heavy atom. The van der Waals surface area contributed by atoms with E-state index in [0.29, 0.717) is 11.0 Å². The average molecular weight is 318 g/mol. The Hall–Kier alpha value is -0.940. The summed E-state index contributed by atoms with van der Waals surface area (Å²) < 4.78 is 18.5. The molecule has 0 amide bonds. The number of benzene rings is 1. The molecular weight excluding hydrogens is 301 g/mol. The molecule has 1 aromatic rings. The maximum Gasteiger partial charge on any atom is 0.319 e. The van der Waals surface area contributed by atoms with Crippen LogP contribution in [0.2, 0.25) is 0 Å². The molecule has 0 unspecified atom stereocenters. The van der Waals surface area contributed by atoms with Gasteiger partial charge in [0, 0.05) is 6.54 Å². The van der Waals surface area contributed by atoms with Crippen molar-refractivity contribution in [2.24, 2.45) is 0 Å². The zero-order valence-corrected chi connectivity index (χ0v) is 12.2. The molecule has 0 aliphatic rings. The summed E-state index contributed by atoms with van der Waals surface area (Å²) in [6, 6.07) is 4.91. The van der Waals surface area contributed by atoms with Gasteiger partial charge in [-0.2, -0.15) is 0 Å². The highest BCUT2D eigenvalue weighted by Gasteiger charge is 2.13. The molecule has 1 rings (SSSR count). The van der Waals surface area contributed by atoms with Gasteiger partial charge in [-0.05, 0) is 40.5 Å².